The van der Waals surface area contributed by atoms with Gasteiger partial charge in [0.05, 0.1) is 21.6 Å². The van der Waals surface area contributed by atoms with Gasteiger partial charge in [-0.25, -0.2) is 4.98 Å². The van der Waals surface area contributed by atoms with Gasteiger partial charge in [-0.2, -0.15) is 0 Å². The molecule has 0 aliphatic heterocycles. The molecule has 0 N–H and O–H groups in total. The minimum Gasteiger partial charge on any atom is -0.490 e. The normalized spacial score (nSPS) is 14.5. The highest BCUT2D eigenvalue weighted by molar-refractivity contribution is 6.43. The van der Waals surface area contributed by atoms with Crippen molar-refractivity contribution in [2.75, 3.05) is 0 Å². The quantitative estimate of drug-likeness (QED) is 0.452. The highest BCUT2D eigenvalue weighted by Gasteiger charge is 2.23. The number of halogens is 2. The first kappa shape index (κ1) is 15.1. The Labute approximate surface area is 137 Å². The van der Waals surface area contributed by atoms with Gasteiger partial charge in [-0.1, -0.05) is 23.2 Å². The van der Waals surface area contributed by atoms with Crippen molar-refractivity contribution in [2.24, 2.45) is 0 Å². The lowest BCUT2D eigenvalue weighted by molar-refractivity contribution is -0.384. The van der Waals surface area contributed by atoms with Crippen LogP contribution in [0.4, 0.5) is 5.69 Å². The molecule has 0 amide bonds. The van der Waals surface area contributed by atoms with E-state index in [9.17, 15) is 10.1 Å². The maximum Gasteiger partial charge on any atom is 0.277 e. The second-order valence-electron chi connectivity index (χ2n) is 5.07. The van der Waals surface area contributed by atoms with Crippen LogP contribution in [0.3, 0.4) is 0 Å². The zero-order valence-electron chi connectivity index (χ0n) is 11.5. The fraction of sp³-hybridized carbons (Fsp3) is 0.267. The molecule has 1 aromatic heterocycles. The van der Waals surface area contributed by atoms with Crippen molar-refractivity contribution in [1.82, 2.24) is 4.98 Å². The average Bonchev–Trinajstić information content (AvgIpc) is 2.45. The molecule has 1 aromatic carbocycles. The van der Waals surface area contributed by atoms with Crippen LogP contribution < -0.4 is 4.74 Å². The highest BCUT2D eigenvalue weighted by atomic mass is 35.5. The first-order valence-corrected chi connectivity index (χ1v) is 7.57. The van der Waals surface area contributed by atoms with Gasteiger partial charge in [0.25, 0.3) is 5.69 Å². The molecular weight excluding hydrogens is 327 g/mol. The molecule has 1 aliphatic carbocycles. The van der Waals surface area contributed by atoms with E-state index in [0.29, 0.717) is 16.9 Å². The zero-order valence-corrected chi connectivity index (χ0v) is 13.0. The predicted molar refractivity (Wildman–Crippen MR) is 84.6 cm³/mol. The number of aromatic nitrogens is 1. The standard InChI is InChI=1S/C15H12Cl2N2O3/c16-14-11(6-7-18-15(14)17)12-8-10(22-9-2-1-3-9)4-5-13(12)19(20)21/h4-9H,1-3H2. The number of nitro benzene ring substituents is 1. The third kappa shape index (κ3) is 2.87. The number of nitrogens with zero attached hydrogens (tertiary/aromatic N) is 2. The van der Waals surface area contributed by atoms with Gasteiger partial charge in [-0.3, -0.25) is 10.1 Å². The van der Waals surface area contributed by atoms with Crippen molar-refractivity contribution in [3.63, 3.8) is 0 Å². The lowest BCUT2D eigenvalue weighted by Crippen LogP contribution is -2.24. The van der Waals surface area contributed by atoms with Crippen molar-refractivity contribution in [1.29, 1.82) is 0 Å². The molecule has 0 spiro atoms. The lowest BCUT2D eigenvalue weighted by atomic mass is 9.96. The van der Waals surface area contributed by atoms with Gasteiger partial charge in [-0.05, 0) is 37.5 Å². The van der Waals surface area contributed by atoms with Gasteiger partial charge in [0.2, 0.25) is 0 Å². The fourth-order valence-electron chi connectivity index (χ4n) is 2.27. The summed E-state index contributed by atoms with van der Waals surface area (Å²) in [4.78, 5) is 14.7. The molecular formula is C15H12Cl2N2O3. The van der Waals surface area contributed by atoms with Crippen LogP contribution in [0.25, 0.3) is 11.1 Å². The Morgan fingerprint density at radius 2 is 2.00 bits per heavy atom. The molecule has 0 radical (unpaired) electrons. The first-order valence-electron chi connectivity index (χ1n) is 6.81. The Balaban J connectivity index is 2.07. The Hall–Kier alpha value is -1.85. The van der Waals surface area contributed by atoms with E-state index in [-0.39, 0.29) is 22.0 Å². The maximum absolute atomic E-state index is 11.3. The van der Waals surface area contributed by atoms with Gasteiger partial charge in [0.1, 0.15) is 10.9 Å². The fourth-order valence-corrected chi connectivity index (χ4v) is 2.64. The largest absolute Gasteiger partial charge is 0.490 e. The van der Waals surface area contributed by atoms with E-state index in [4.69, 9.17) is 27.9 Å². The van der Waals surface area contributed by atoms with Gasteiger partial charge >= 0.3 is 0 Å². The van der Waals surface area contributed by atoms with Crippen LogP contribution >= 0.6 is 23.2 Å². The molecule has 1 fully saturated rings. The molecule has 114 valence electrons. The van der Waals surface area contributed by atoms with E-state index >= 15 is 0 Å². The van der Waals surface area contributed by atoms with Crippen LogP contribution in [0, 0.1) is 10.1 Å². The van der Waals surface area contributed by atoms with Gasteiger partial charge in [0, 0.05) is 17.8 Å². The molecule has 3 rings (SSSR count). The summed E-state index contributed by atoms with van der Waals surface area (Å²) < 4.78 is 5.80. The van der Waals surface area contributed by atoms with Crippen LogP contribution in [0.2, 0.25) is 10.2 Å². The summed E-state index contributed by atoms with van der Waals surface area (Å²) in [6, 6.07) is 6.27. The smallest absolute Gasteiger partial charge is 0.277 e. The van der Waals surface area contributed by atoms with Crippen molar-refractivity contribution >= 4 is 28.9 Å². The van der Waals surface area contributed by atoms with Crippen LogP contribution in [0.1, 0.15) is 19.3 Å². The monoisotopic (exact) mass is 338 g/mol. The molecule has 0 saturated heterocycles. The van der Waals surface area contributed by atoms with E-state index in [1.807, 2.05) is 0 Å². The molecule has 0 bridgehead atoms. The van der Waals surface area contributed by atoms with Crippen molar-refractivity contribution < 1.29 is 9.66 Å². The van der Waals surface area contributed by atoms with Crippen LogP contribution in [-0.2, 0) is 0 Å². The van der Waals surface area contributed by atoms with Crippen LogP contribution in [-0.4, -0.2) is 16.0 Å². The number of rotatable bonds is 4. The van der Waals surface area contributed by atoms with Crippen molar-refractivity contribution in [3.05, 3.63) is 50.8 Å². The number of benzene rings is 1. The van der Waals surface area contributed by atoms with Gasteiger partial charge in [0.15, 0.2) is 0 Å². The van der Waals surface area contributed by atoms with E-state index in [1.54, 1.807) is 18.2 Å². The molecule has 22 heavy (non-hydrogen) atoms. The molecule has 0 unspecified atom stereocenters. The first-order chi connectivity index (χ1) is 10.6. The second-order valence-corrected chi connectivity index (χ2v) is 5.81. The summed E-state index contributed by atoms with van der Waals surface area (Å²) in [5, 5.41) is 11.6. The van der Waals surface area contributed by atoms with Crippen LogP contribution in [0.5, 0.6) is 5.75 Å². The summed E-state index contributed by atoms with van der Waals surface area (Å²) in [7, 11) is 0. The van der Waals surface area contributed by atoms with Gasteiger partial charge in [-0.15, -0.1) is 0 Å². The third-order valence-electron chi connectivity index (χ3n) is 3.66. The molecule has 5 nitrogen and oxygen atoms in total. The highest BCUT2D eigenvalue weighted by Crippen LogP contribution is 2.39. The van der Waals surface area contributed by atoms with Crippen molar-refractivity contribution in [2.45, 2.75) is 25.4 Å². The Kier molecular flexibility index (Phi) is 4.18. The lowest BCUT2D eigenvalue weighted by Gasteiger charge is -2.26. The Morgan fingerprint density at radius 1 is 1.23 bits per heavy atom. The number of ether oxygens (including phenoxy) is 1. The molecule has 7 heteroatoms. The SMILES string of the molecule is O=[N+]([O-])c1ccc(OC2CCC2)cc1-c1ccnc(Cl)c1Cl. The average molecular weight is 339 g/mol. The number of hydrogen-bond acceptors (Lipinski definition) is 4. The molecule has 1 aliphatic rings. The van der Waals surface area contributed by atoms with E-state index in [1.165, 1.54) is 12.3 Å². The minimum absolute atomic E-state index is 0.0508. The van der Waals surface area contributed by atoms with E-state index in [0.717, 1.165) is 19.3 Å². The maximum atomic E-state index is 11.3. The zero-order chi connectivity index (χ0) is 15.7. The Bertz CT molecular complexity index is 733. The summed E-state index contributed by atoms with van der Waals surface area (Å²) in [6.45, 7) is 0. The third-order valence-corrected chi connectivity index (χ3v) is 4.42. The predicted octanol–water partition coefficient (Wildman–Crippen LogP) is 4.89. The summed E-state index contributed by atoms with van der Waals surface area (Å²) in [5.41, 5.74) is 0.786. The van der Waals surface area contributed by atoms with E-state index < -0.39 is 4.92 Å². The summed E-state index contributed by atoms with van der Waals surface area (Å²) >= 11 is 12.1. The molecule has 0 atom stereocenters. The topological polar surface area (TPSA) is 65.3 Å². The number of hydrogen-bond donors (Lipinski definition) is 0. The summed E-state index contributed by atoms with van der Waals surface area (Å²) in [5.74, 6) is 0.592. The van der Waals surface area contributed by atoms with Gasteiger partial charge < -0.3 is 4.74 Å². The molecule has 2 aromatic rings. The molecule has 1 heterocycles. The van der Waals surface area contributed by atoms with Crippen LogP contribution in [0.15, 0.2) is 30.5 Å². The summed E-state index contributed by atoms with van der Waals surface area (Å²) in [6.07, 6.45) is 4.82. The Morgan fingerprint density at radius 3 is 2.64 bits per heavy atom. The van der Waals surface area contributed by atoms with Crippen molar-refractivity contribution in [3.8, 4) is 16.9 Å². The second kappa shape index (κ2) is 6.10. The number of pyridine rings is 1. The number of nitro groups is 1. The van der Waals surface area contributed by atoms with E-state index in [2.05, 4.69) is 4.98 Å². The molecule has 1 saturated carbocycles. The minimum atomic E-state index is -0.451.